The molecule has 0 spiro atoms. The molecule has 226 valence electrons. The van der Waals surface area contributed by atoms with Crippen molar-refractivity contribution in [2.45, 2.75) is 104 Å². The van der Waals surface area contributed by atoms with Crippen LogP contribution in [0.4, 0.5) is 5.69 Å². The molecule has 0 atom stereocenters. The van der Waals surface area contributed by atoms with Crippen LogP contribution in [0, 0.1) is 5.41 Å². The molecule has 0 aliphatic heterocycles. The number of thioether (sulfide) groups is 1. The van der Waals surface area contributed by atoms with Gasteiger partial charge in [0.2, 0.25) is 0 Å². The number of ketones is 1. The van der Waals surface area contributed by atoms with Crippen molar-refractivity contribution in [3.63, 3.8) is 0 Å². The number of benzene rings is 1. The normalized spacial score (nSPS) is 17.2. The summed E-state index contributed by atoms with van der Waals surface area (Å²) in [7, 11) is -1.39. The van der Waals surface area contributed by atoms with Crippen LogP contribution in [-0.2, 0) is 13.6 Å². The molecule has 4 nitrogen and oxygen atoms in total. The van der Waals surface area contributed by atoms with Gasteiger partial charge in [-0.1, -0.05) is 79.7 Å². The summed E-state index contributed by atoms with van der Waals surface area (Å²) < 4.78 is 12.7. The lowest BCUT2D eigenvalue weighted by Gasteiger charge is -2.36. The highest BCUT2D eigenvalue weighted by Gasteiger charge is 2.38. The Balaban J connectivity index is 2.06. The summed E-state index contributed by atoms with van der Waals surface area (Å²) in [6, 6.07) is 8.66. The first kappa shape index (κ1) is 35.1. The van der Waals surface area contributed by atoms with Gasteiger partial charge in [-0.2, -0.15) is 0 Å². The molecule has 1 aliphatic rings. The van der Waals surface area contributed by atoms with E-state index in [1.54, 1.807) is 11.8 Å². The summed E-state index contributed by atoms with van der Waals surface area (Å²) in [6.45, 7) is 29.5. The second kappa shape index (κ2) is 13.5. The van der Waals surface area contributed by atoms with Gasteiger partial charge in [0.05, 0.1) is 11.5 Å². The second-order valence-corrected chi connectivity index (χ2v) is 25.9. The van der Waals surface area contributed by atoms with Crippen LogP contribution in [0.3, 0.4) is 0 Å². The van der Waals surface area contributed by atoms with Crippen LogP contribution in [0.25, 0.3) is 6.08 Å². The zero-order valence-corrected chi connectivity index (χ0v) is 30.6. The Kier molecular flexibility index (Phi) is 11.8. The molecular weight excluding hydrogens is 547 g/mol. The summed E-state index contributed by atoms with van der Waals surface area (Å²) in [5.74, 6) is 1.08. The van der Waals surface area contributed by atoms with Gasteiger partial charge in [0.15, 0.2) is 22.4 Å². The minimum absolute atomic E-state index is 0.0164. The lowest BCUT2D eigenvalue weighted by atomic mass is 9.76. The summed E-state index contributed by atoms with van der Waals surface area (Å²) in [6.07, 6.45) is 5.84. The van der Waals surface area contributed by atoms with Gasteiger partial charge in [0.25, 0.3) is 0 Å². The van der Waals surface area contributed by atoms with E-state index in [1.165, 1.54) is 5.69 Å². The highest BCUT2D eigenvalue weighted by Crippen LogP contribution is 2.42. The first-order valence-electron chi connectivity index (χ1n) is 14.8. The van der Waals surface area contributed by atoms with E-state index in [-0.39, 0.29) is 21.3 Å². The van der Waals surface area contributed by atoms with Gasteiger partial charge in [-0.3, -0.25) is 4.79 Å². The van der Waals surface area contributed by atoms with Crippen molar-refractivity contribution in [2.24, 2.45) is 5.41 Å². The van der Waals surface area contributed by atoms with Gasteiger partial charge in [-0.05, 0) is 71.4 Å². The number of likely N-dealkylation sites (N-methyl/N-ethyl adjacent to an activating group) is 1. The van der Waals surface area contributed by atoms with Crippen LogP contribution >= 0.6 is 11.8 Å². The number of carbonyl (C=O) groups excluding carboxylic acids is 1. The molecule has 0 saturated heterocycles. The van der Waals surface area contributed by atoms with Gasteiger partial charge < -0.3 is 13.8 Å². The van der Waals surface area contributed by atoms with Crippen LogP contribution in [0.1, 0.15) is 73.8 Å². The smallest absolute Gasteiger partial charge is 0.192 e. The predicted molar refractivity (Wildman–Crippen MR) is 183 cm³/mol. The minimum atomic E-state index is -1.78. The van der Waals surface area contributed by atoms with Gasteiger partial charge >= 0.3 is 0 Å². The topological polar surface area (TPSA) is 38.8 Å². The van der Waals surface area contributed by atoms with Crippen LogP contribution < -0.4 is 4.90 Å². The number of anilines is 1. The number of rotatable bonds is 12. The second-order valence-electron chi connectivity index (χ2n) is 15.2. The maximum atomic E-state index is 13.1. The van der Waals surface area contributed by atoms with Crippen molar-refractivity contribution < 1.29 is 13.6 Å². The molecular formula is C33H57NO3SSi2. The molecule has 1 aromatic carbocycles. The maximum Gasteiger partial charge on any atom is 0.192 e. The standard InChI is InChI=1S/C33H57NO3SSi2/c1-31(2,3)39(10,11)36-21-20-34(9)28-18-15-26(16-19-28)14-17-27-24-33(7,8)25-29(35)30(27)38-23-22-37-40(12,13)32(4,5)6/h14-19H,20-25H2,1-13H3/b17-14+. The van der Waals surface area contributed by atoms with Crippen molar-refractivity contribution in [2.75, 3.05) is 37.5 Å². The number of allylic oxidation sites excluding steroid dienone is 3. The van der Waals surface area contributed by atoms with Gasteiger partial charge in [0, 0.05) is 38.1 Å². The fraction of sp³-hybridized carbons (Fsp3) is 0.667. The average molecular weight is 604 g/mol. The molecule has 1 aliphatic carbocycles. The van der Waals surface area contributed by atoms with Crippen molar-refractivity contribution >= 4 is 45.9 Å². The Morgan fingerprint density at radius 1 is 0.875 bits per heavy atom. The third kappa shape index (κ3) is 10.0. The Morgan fingerprint density at radius 2 is 1.40 bits per heavy atom. The van der Waals surface area contributed by atoms with E-state index in [2.05, 4.69) is 130 Å². The predicted octanol–water partition coefficient (Wildman–Crippen LogP) is 9.56. The van der Waals surface area contributed by atoms with Crippen LogP contribution in [0.15, 0.2) is 40.8 Å². The average Bonchev–Trinajstić information content (AvgIpc) is 2.79. The van der Waals surface area contributed by atoms with E-state index < -0.39 is 16.6 Å². The molecule has 0 amide bonds. The highest BCUT2D eigenvalue weighted by molar-refractivity contribution is 8.04. The van der Waals surface area contributed by atoms with Crippen molar-refractivity contribution in [1.82, 2.24) is 0 Å². The first-order valence-corrected chi connectivity index (χ1v) is 21.6. The highest BCUT2D eigenvalue weighted by atomic mass is 32.2. The summed E-state index contributed by atoms with van der Waals surface area (Å²) >= 11 is 1.68. The molecule has 0 N–H and O–H groups in total. The largest absolute Gasteiger partial charge is 0.416 e. The molecule has 0 saturated carbocycles. The molecule has 0 fully saturated rings. The molecule has 0 unspecified atom stereocenters. The quantitative estimate of drug-likeness (QED) is 0.176. The van der Waals surface area contributed by atoms with Gasteiger partial charge in [-0.15, -0.1) is 11.8 Å². The van der Waals surface area contributed by atoms with E-state index in [4.69, 9.17) is 8.85 Å². The van der Waals surface area contributed by atoms with E-state index in [0.29, 0.717) is 13.0 Å². The molecule has 0 heterocycles. The Morgan fingerprint density at radius 3 is 1.93 bits per heavy atom. The van der Waals surface area contributed by atoms with Crippen LogP contribution in [-0.4, -0.2) is 55.0 Å². The molecule has 40 heavy (non-hydrogen) atoms. The molecule has 1 aromatic rings. The van der Waals surface area contributed by atoms with E-state index in [1.807, 2.05) is 0 Å². The van der Waals surface area contributed by atoms with E-state index >= 15 is 0 Å². The fourth-order valence-corrected chi connectivity index (χ4v) is 7.29. The van der Waals surface area contributed by atoms with E-state index in [9.17, 15) is 4.79 Å². The Labute approximate surface area is 252 Å². The Hall–Kier alpha value is -1.13. The van der Waals surface area contributed by atoms with E-state index in [0.717, 1.165) is 41.4 Å². The molecule has 2 rings (SSSR count). The van der Waals surface area contributed by atoms with Crippen molar-refractivity contribution in [3.05, 3.63) is 46.4 Å². The zero-order chi connectivity index (χ0) is 30.6. The van der Waals surface area contributed by atoms with Gasteiger partial charge in [-0.25, -0.2) is 0 Å². The summed E-state index contributed by atoms with van der Waals surface area (Å²) in [5.41, 5.74) is 3.46. The van der Waals surface area contributed by atoms with Crippen LogP contribution in [0.2, 0.25) is 36.3 Å². The minimum Gasteiger partial charge on any atom is -0.416 e. The maximum absolute atomic E-state index is 13.1. The summed E-state index contributed by atoms with van der Waals surface area (Å²) in [4.78, 5) is 16.3. The zero-order valence-electron chi connectivity index (χ0n) is 27.8. The molecule has 0 radical (unpaired) electrons. The van der Waals surface area contributed by atoms with Crippen LogP contribution in [0.5, 0.6) is 0 Å². The third-order valence-corrected chi connectivity index (χ3v) is 19.2. The number of hydrogen-bond donors (Lipinski definition) is 0. The lowest BCUT2D eigenvalue weighted by Crippen LogP contribution is -2.42. The lowest BCUT2D eigenvalue weighted by molar-refractivity contribution is -0.117. The SMILES string of the molecule is CN(CCO[Si](C)(C)C(C)(C)C)c1ccc(/C=C/C2=C(SCCO[Si](C)(C)C(C)(C)C)C(=O)CC(C)(C)C2)cc1. The molecule has 0 aromatic heterocycles. The number of hydrogen-bond acceptors (Lipinski definition) is 5. The number of nitrogens with zero attached hydrogens (tertiary/aromatic N) is 1. The summed E-state index contributed by atoms with van der Waals surface area (Å²) in [5, 5.41) is 0.419. The Bertz CT molecular complexity index is 1060. The molecule has 0 bridgehead atoms. The first-order chi connectivity index (χ1) is 18.2. The fourth-order valence-electron chi connectivity index (χ4n) is 4.14. The third-order valence-electron chi connectivity index (χ3n) is 8.96. The number of carbonyl (C=O) groups is 1. The molecule has 7 heteroatoms. The van der Waals surface area contributed by atoms with Crippen molar-refractivity contribution in [3.8, 4) is 0 Å². The van der Waals surface area contributed by atoms with Crippen molar-refractivity contribution in [1.29, 1.82) is 0 Å². The van der Waals surface area contributed by atoms with Gasteiger partial charge in [0.1, 0.15) is 0 Å². The number of Topliss-reactive ketones (excluding diaryl/α,β-unsaturated/α-hetero) is 1. The monoisotopic (exact) mass is 603 g/mol.